The molecule has 0 unspecified atom stereocenters. The third-order valence-corrected chi connectivity index (χ3v) is 3.05. The van der Waals surface area contributed by atoms with Gasteiger partial charge in [-0.3, -0.25) is 4.79 Å². The number of aryl methyl sites for hydroxylation is 1. The molecule has 0 heterocycles. The van der Waals surface area contributed by atoms with E-state index in [0.717, 1.165) is 5.56 Å². The molecule has 0 aliphatic carbocycles. The quantitative estimate of drug-likeness (QED) is 0.462. The Morgan fingerprint density at radius 3 is 2.70 bits per heavy atom. The first-order valence-electron chi connectivity index (χ1n) is 7.29. The summed E-state index contributed by atoms with van der Waals surface area (Å²) in [7, 11) is 0. The average molecular weight is 313 g/mol. The van der Waals surface area contributed by atoms with Crippen LogP contribution in [0.1, 0.15) is 16.7 Å². The van der Waals surface area contributed by atoms with Crippen molar-refractivity contribution in [2.24, 2.45) is 5.16 Å². The highest BCUT2D eigenvalue weighted by Crippen LogP contribution is 2.13. The second-order valence-corrected chi connectivity index (χ2v) is 5.04. The number of carboxylic acid groups (broad SMARTS) is 1. The maximum absolute atomic E-state index is 10.7. The zero-order valence-corrected chi connectivity index (χ0v) is 12.9. The van der Waals surface area contributed by atoms with Crippen LogP contribution in [0, 0.1) is 6.92 Å². The van der Waals surface area contributed by atoms with Crippen molar-refractivity contribution in [3.8, 4) is 5.75 Å². The number of oxime groups is 1. The first-order chi connectivity index (χ1) is 11.1. The van der Waals surface area contributed by atoms with Gasteiger partial charge in [0, 0.05) is 0 Å². The summed E-state index contributed by atoms with van der Waals surface area (Å²) in [5.74, 6) is -0.245. The Balaban J connectivity index is 1.71. The zero-order chi connectivity index (χ0) is 16.5. The minimum atomic E-state index is -0.865. The van der Waals surface area contributed by atoms with Crippen molar-refractivity contribution < 1.29 is 19.5 Å². The standard InChI is InChI=1S/C18H19NO4/c1-14-5-7-15(8-6-14)13-19-23-10-9-22-17-4-2-3-16(11-17)12-18(20)21/h2-8,11,13H,9-10,12H2,1H3,(H,20,21)/b19-13-. The highest BCUT2D eigenvalue weighted by Gasteiger charge is 2.02. The van der Waals surface area contributed by atoms with Crippen molar-refractivity contribution >= 4 is 12.2 Å². The molecule has 0 amide bonds. The summed E-state index contributed by atoms with van der Waals surface area (Å²) in [6.45, 7) is 2.67. The molecule has 0 aliphatic rings. The summed E-state index contributed by atoms with van der Waals surface area (Å²) in [4.78, 5) is 15.8. The molecule has 5 nitrogen and oxygen atoms in total. The van der Waals surface area contributed by atoms with E-state index >= 15 is 0 Å². The van der Waals surface area contributed by atoms with Crippen molar-refractivity contribution in [3.63, 3.8) is 0 Å². The molecule has 0 aromatic heterocycles. The lowest BCUT2D eigenvalue weighted by Gasteiger charge is -2.06. The van der Waals surface area contributed by atoms with Crippen LogP contribution in [0.5, 0.6) is 5.75 Å². The van der Waals surface area contributed by atoms with Crippen LogP contribution in [0.2, 0.25) is 0 Å². The van der Waals surface area contributed by atoms with Gasteiger partial charge in [0.15, 0.2) is 6.61 Å². The maximum Gasteiger partial charge on any atom is 0.307 e. The van der Waals surface area contributed by atoms with Crippen LogP contribution in [0.25, 0.3) is 0 Å². The van der Waals surface area contributed by atoms with Gasteiger partial charge in [-0.15, -0.1) is 0 Å². The van der Waals surface area contributed by atoms with Gasteiger partial charge < -0.3 is 14.7 Å². The van der Waals surface area contributed by atoms with Gasteiger partial charge in [-0.1, -0.05) is 47.1 Å². The Morgan fingerprint density at radius 1 is 1.17 bits per heavy atom. The lowest BCUT2D eigenvalue weighted by Crippen LogP contribution is -2.05. The lowest BCUT2D eigenvalue weighted by atomic mass is 10.1. The van der Waals surface area contributed by atoms with E-state index in [9.17, 15) is 4.79 Å². The molecule has 0 atom stereocenters. The Morgan fingerprint density at radius 2 is 1.96 bits per heavy atom. The fraction of sp³-hybridized carbons (Fsp3) is 0.222. The van der Waals surface area contributed by atoms with Crippen LogP contribution >= 0.6 is 0 Å². The van der Waals surface area contributed by atoms with Crippen LogP contribution in [-0.4, -0.2) is 30.5 Å². The number of hydrogen-bond acceptors (Lipinski definition) is 4. The van der Waals surface area contributed by atoms with Gasteiger partial charge in [0.05, 0.1) is 12.6 Å². The number of aliphatic carboxylic acids is 1. The van der Waals surface area contributed by atoms with Crippen LogP contribution in [0.15, 0.2) is 53.7 Å². The molecule has 0 saturated carbocycles. The molecule has 0 bridgehead atoms. The first kappa shape index (κ1) is 16.5. The van der Waals surface area contributed by atoms with Gasteiger partial charge in [0.25, 0.3) is 0 Å². The Bertz CT molecular complexity index is 665. The average Bonchev–Trinajstić information content (AvgIpc) is 2.52. The Hall–Kier alpha value is -2.82. The Labute approximate surface area is 135 Å². The van der Waals surface area contributed by atoms with Gasteiger partial charge in [0.2, 0.25) is 0 Å². The fourth-order valence-electron chi connectivity index (χ4n) is 1.92. The molecular weight excluding hydrogens is 294 g/mol. The molecule has 0 spiro atoms. The number of benzene rings is 2. The minimum absolute atomic E-state index is 0.0193. The smallest absolute Gasteiger partial charge is 0.307 e. The third-order valence-electron chi connectivity index (χ3n) is 3.05. The highest BCUT2D eigenvalue weighted by atomic mass is 16.6. The van der Waals surface area contributed by atoms with Crippen molar-refractivity contribution in [2.75, 3.05) is 13.2 Å². The summed E-state index contributed by atoms with van der Waals surface area (Å²) >= 11 is 0. The van der Waals surface area contributed by atoms with Gasteiger partial charge in [0.1, 0.15) is 12.4 Å². The predicted molar refractivity (Wildman–Crippen MR) is 88.0 cm³/mol. The largest absolute Gasteiger partial charge is 0.490 e. The molecule has 2 rings (SSSR count). The summed E-state index contributed by atoms with van der Waals surface area (Å²) in [5, 5.41) is 12.6. The topological polar surface area (TPSA) is 68.1 Å². The predicted octanol–water partition coefficient (Wildman–Crippen LogP) is 3.05. The molecule has 0 aliphatic heterocycles. The van der Waals surface area contributed by atoms with E-state index in [1.807, 2.05) is 31.2 Å². The van der Waals surface area contributed by atoms with Crippen LogP contribution in [-0.2, 0) is 16.1 Å². The number of rotatable bonds is 8. The third kappa shape index (κ3) is 6.22. The normalized spacial score (nSPS) is 10.7. The molecule has 120 valence electrons. The van der Waals surface area contributed by atoms with E-state index in [0.29, 0.717) is 24.5 Å². The lowest BCUT2D eigenvalue weighted by molar-refractivity contribution is -0.136. The molecule has 2 aromatic rings. The second-order valence-electron chi connectivity index (χ2n) is 5.04. The second kappa shape index (κ2) is 8.58. The van der Waals surface area contributed by atoms with E-state index < -0.39 is 5.97 Å². The minimum Gasteiger partial charge on any atom is -0.490 e. The molecular formula is C18H19NO4. The van der Waals surface area contributed by atoms with Gasteiger partial charge in [-0.05, 0) is 30.2 Å². The molecule has 23 heavy (non-hydrogen) atoms. The molecule has 1 N–H and O–H groups in total. The van der Waals surface area contributed by atoms with Gasteiger partial charge in [-0.2, -0.15) is 0 Å². The van der Waals surface area contributed by atoms with Gasteiger partial charge >= 0.3 is 5.97 Å². The van der Waals surface area contributed by atoms with Gasteiger partial charge in [-0.25, -0.2) is 0 Å². The summed E-state index contributed by atoms with van der Waals surface area (Å²) in [5.41, 5.74) is 2.87. The van der Waals surface area contributed by atoms with E-state index in [-0.39, 0.29) is 6.42 Å². The molecule has 2 aromatic carbocycles. The van der Waals surface area contributed by atoms with E-state index in [4.69, 9.17) is 14.7 Å². The highest BCUT2D eigenvalue weighted by molar-refractivity contribution is 5.79. The molecule has 0 radical (unpaired) electrons. The van der Waals surface area contributed by atoms with E-state index in [2.05, 4.69) is 5.16 Å². The number of nitrogens with zero attached hydrogens (tertiary/aromatic N) is 1. The van der Waals surface area contributed by atoms with Crippen LogP contribution in [0.4, 0.5) is 0 Å². The SMILES string of the molecule is Cc1ccc(/C=N\OCCOc2cccc(CC(=O)O)c2)cc1. The van der Waals surface area contributed by atoms with E-state index in [1.54, 1.807) is 30.5 Å². The fourth-order valence-corrected chi connectivity index (χ4v) is 1.92. The number of ether oxygens (including phenoxy) is 1. The Kier molecular flexibility index (Phi) is 6.17. The van der Waals surface area contributed by atoms with E-state index in [1.165, 1.54) is 5.56 Å². The van der Waals surface area contributed by atoms with Crippen molar-refractivity contribution in [1.82, 2.24) is 0 Å². The van der Waals surface area contributed by atoms with Crippen LogP contribution < -0.4 is 4.74 Å². The molecule has 0 fully saturated rings. The monoisotopic (exact) mass is 313 g/mol. The summed E-state index contributed by atoms with van der Waals surface area (Å²) in [6.07, 6.45) is 1.63. The van der Waals surface area contributed by atoms with Crippen molar-refractivity contribution in [1.29, 1.82) is 0 Å². The van der Waals surface area contributed by atoms with Crippen molar-refractivity contribution in [3.05, 3.63) is 65.2 Å². The summed E-state index contributed by atoms with van der Waals surface area (Å²) in [6, 6.07) is 15.0. The first-order valence-corrected chi connectivity index (χ1v) is 7.29. The number of hydrogen-bond donors (Lipinski definition) is 1. The van der Waals surface area contributed by atoms with Crippen molar-refractivity contribution in [2.45, 2.75) is 13.3 Å². The molecule has 5 heteroatoms. The number of carbonyl (C=O) groups is 1. The zero-order valence-electron chi connectivity index (χ0n) is 12.9. The summed E-state index contributed by atoms with van der Waals surface area (Å²) < 4.78 is 5.50. The molecule has 0 saturated heterocycles. The van der Waals surface area contributed by atoms with Crippen LogP contribution in [0.3, 0.4) is 0 Å². The number of carboxylic acids is 1. The maximum atomic E-state index is 10.7.